The van der Waals surface area contributed by atoms with E-state index in [4.69, 9.17) is 9.72 Å². The molecule has 2 amide bonds. The van der Waals surface area contributed by atoms with Gasteiger partial charge in [0, 0.05) is 29.9 Å². The maximum absolute atomic E-state index is 14.9. The number of aryl methyl sites for hydroxylation is 1. The molecule has 0 saturated carbocycles. The molecular formula is C39H33F3N4O3. The number of halogens is 3. The minimum atomic E-state index is -4.98. The number of hydrogen-bond donors (Lipinski definition) is 1. The number of nitrogens with zero attached hydrogens (tertiary/aromatic N) is 3. The number of amides is 2. The number of carbonyl (C=O) groups is 2. The van der Waals surface area contributed by atoms with E-state index in [0.29, 0.717) is 48.1 Å². The van der Waals surface area contributed by atoms with E-state index in [2.05, 4.69) is 10.3 Å². The summed E-state index contributed by atoms with van der Waals surface area (Å²) in [7, 11) is 0. The third-order valence-corrected chi connectivity index (χ3v) is 10.4. The van der Waals surface area contributed by atoms with Gasteiger partial charge in [-0.3, -0.25) is 14.6 Å². The molecule has 2 aromatic heterocycles. The molecule has 1 aliphatic heterocycles. The number of hydrogen-bond acceptors (Lipinski definition) is 5. The second kappa shape index (κ2) is 11.5. The van der Waals surface area contributed by atoms with E-state index < -0.39 is 29.1 Å². The van der Waals surface area contributed by atoms with Gasteiger partial charge in [0.1, 0.15) is 5.82 Å². The van der Waals surface area contributed by atoms with Crippen LogP contribution < -0.4 is 5.32 Å². The summed E-state index contributed by atoms with van der Waals surface area (Å²) in [6.07, 6.45) is 0.464. The van der Waals surface area contributed by atoms with Gasteiger partial charge < -0.3 is 15.0 Å². The number of nitrogens with one attached hydrogen (secondary N) is 1. The smallest absolute Gasteiger partial charge is 0.352 e. The van der Waals surface area contributed by atoms with Crippen LogP contribution in [0.2, 0.25) is 0 Å². The van der Waals surface area contributed by atoms with Crippen LogP contribution in [0.15, 0.2) is 97.3 Å². The monoisotopic (exact) mass is 662 g/mol. The Kier molecular flexibility index (Phi) is 7.33. The maximum atomic E-state index is 14.9. The molecule has 49 heavy (non-hydrogen) atoms. The Hall–Kier alpha value is -5.09. The van der Waals surface area contributed by atoms with Gasteiger partial charge in [-0.25, -0.2) is 4.98 Å². The van der Waals surface area contributed by atoms with Gasteiger partial charge in [0.05, 0.1) is 23.6 Å². The van der Waals surface area contributed by atoms with Crippen LogP contribution in [0.25, 0.3) is 10.9 Å². The van der Waals surface area contributed by atoms with E-state index in [0.717, 1.165) is 40.1 Å². The molecule has 0 fully saturated rings. The highest BCUT2D eigenvalue weighted by molar-refractivity contribution is 6.06. The van der Waals surface area contributed by atoms with Crippen molar-refractivity contribution in [1.82, 2.24) is 14.9 Å². The predicted octanol–water partition coefficient (Wildman–Crippen LogP) is 7.17. The van der Waals surface area contributed by atoms with E-state index in [9.17, 15) is 22.8 Å². The molecule has 5 aromatic rings. The minimum absolute atomic E-state index is 0.0803. The Morgan fingerprint density at radius 2 is 1.69 bits per heavy atom. The molecule has 0 saturated heterocycles. The number of carbonyl (C=O) groups excluding carboxylic acids is 2. The van der Waals surface area contributed by atoms with Crippen LogP contribution in [0.3, 0.4) is 0 Å². The lowest BCUT2D eigenvalue weighted by atomic mass is 9.79. The number of ether oxygens (including phenoxy) is 1. The predicted molar refractivity (Wildman–Crippen MR) is 177 cm³/mol. The van der Waals surface area contributed by atoms with Gasteiger partial charge in [-0.1, -0.05) is 60.7 Å². The molecule has 7 nitrogen and oxygen atoms in total. The van der Waals surface area contributed by atoms with Crippen LogP contribution in [-0.4, -0.2) is 38.5 Å². The molecule has 1 unspecified atom stereocenters. The highest BCUT2D eigenvalue weighted by Crippen LogP contribution is 2.47. The highest BCUT2D eigenvalue weighted by Gasteiger charge is 2.60. The topological polar surface area (TPSA) is 84.4 Å². The summed E-state index contributed by atoms with van der Waals surface area (Å²) in [6, 6.07) is 25.2. The van der Waals surface area contributed by atoms with Crippen LogP contribution in [0.4, 0.5) is 19.0 Å². The second-order valence-electron chi connectivity index (χ2n) is 13.4. The van der Waals surface area contributed by atoms with Crippen molar-refractivity contribution in [3.8, 4) is 0 Å². The van der Waals surface area contributed by atoms with Crippen LogP contribution >= 0.6 is 0 Å². The Labute approximate surface area is 281 Å². The molecule has 1 N–H and O–H groups in total. The van der Waals surface area contributed by atoms with Crippen LogP contribution in [0.1, 0.15) is 58.3 Å². The average Bonchev–Trinajstić information content (AvgIpc) is 3.78. The normalized spacial score (nSPS) is 20.5. The highest BCUT2D eigenvalue weighted by atomic mass is 19.4. The van der Waals surface area contributed by atoms with Crippen molar-refractivity contribution in [3.05, 3.63) is 136 Å². The molecule has 0 bridgehead atoms. The first-order valence-electron chi connectivity index (χ1n) is 16.4. The number of fused-ring (bicyclic) bond motifs is 5. The third-order valence-electron chi connectivity index (χ3n) is 10.4. The molecule has 3 atom stereocenters. The van der Waals surface area contributed by atoms with Gasteiger partial charge in [-0.15, -0.1) is 0 Å². The van der Waals surface area contributed by atoms with Crippen LogP contribution in [0, 0.1) is 0 Å². The Bertz CT molecular complexity index is 2120. The van der Waals surface area contributed by atoms with E-state index >= 15 is 0 Å². The number of anilines is 1. The van der Waals surface area contributed by atoms with Crippen molar-refractivity contribution in [2.24, 2.45) is 0 Å². The van der Waals surface area contributed by atoms with Crippen molar-refractivity contribution >= 4 is 28.5 Å². The molecule has 10 heteroatoms. The largest absolute Gasteiger partial charge is 0.426 e. The maximum Gasteiger partial charge on any atom is 0.426 e. The molecule has 248 valence electrons. The van der Waals surface area contributed by atoms with Crippen molar-refractivity contribution < 1.29 is 27.5 Å². The van der Waals surface area contributed by atoms with Gasteiger partial charge in [0.15, 0.2) is 0 Å². The fraction of sp³-hybridized carbons (Fsp3) is 0.282. The van der Waals surface area contributed by atoms with Crippen molar-refractivity contribution in [2.45, 2.75) is 69.0 Å². The zero-order chi connectivity index (χ0) is 34.0. The summed E-state index contributed by atoms with van der Waals surface area (Å²) in [5.74, 6) is -0.640. The summed E-state index contributed by atoms with van der Waals surface area (Å²) in [5.41, 5.74) is 2.76. The second-order valence-corrected chi connectivity index (χ2v) is 13.4. The zero-order valence-corrected chi connectivity index (χ0v) is 26.8. The summed E-state index contributed by atoms with van der Waals surface area (Å²) < 4.78 is 50.3. The fourth-order valence-corrected chi connectivity index (χ4v) is 7.75. The Morgan fingerprint density at radius 3 is 2.49 bits per heavy atom. The third kappa shape index (κ3) is 5.17. The molecule has 0 radical (unpaired) electrons. The molecule has 3 aliphatic rings. The number of rotatable bonds is 7. The van der Waals surface area contributed by atoms with Gasteiger partial charge >= 0.3 is 6.18 Å². The van der Waals surface area contributed by atoms with Crippen LogP contribution in [-0.2, 0) is 52.2 Å². The number of pyridine rings is 2. The van der Waals surface area contributed by atoms with Gasteiger partial charge in [0.25, 0.3) is 5.91 Å². The molecule has 3 heterocycles. The van der Waals surface area contributed by atoms with Gasteiger partial charge in [-0.05, 0) is 90.3 Å². The zero-order valence-electron chi connectivity index (χ0n) is 26.8. The lowest BCUT2D eigenvalue weighted by molar-refractivity contribution is -0.270. The molecule has 8 rings (SSSR count). The summed E-state index contributed by atoms with van der Waals surface area (Å²) >= 11 is 0. The number of alkyl halides is 3. The summed E-state index contributed by atoms with van der Waals surface area (Å²) in [6.45, 7) is 0.362. The molecule has 2 aliphatic carbocycles. The quantitative estimate of drug-likeness (QED) is 0.200. The van der Waals surface area contributed by atoms with Crippen molar-refractivity contribution in [1.29, 1.82) is 0 Å². The van der Waals surface area contributed by atoms with E-state index in [1.165, 1.54) is 4.90 Å². The Morgan fingerprint density at radius 1 is 0.939 bits per heavy atom. The summed E-state index contributed by atoms with van der Waals surface area (Å²) in [4.78, 5) is 38.0. The molecule has 3 aromatic carbocycles. The standard InChI is InChI=1S/C39H33F3N4O3/c1-37(39(40,41)42,49-23-24-8-3-2-4-9-24)36(48)46(33-14-13-26-10-5-6-11-30(26)33)22-25-16-27-17-28-19-38(20-29(28)18-32(27)44-21-25)31-12-7-15-43-34(31)45-35(38)47/h2-12,15-18,21,33H,13-14,19-20,22-23H2,1H3,(H,43,45,47)/t33-,37?,38+/m1/s1. The molecular weight excluding hydrogens is 629 g/mol. The Balaban J connectivity index is 1.14. The number of benzene rings is 3. The first-order valence-corrected chi connectivity index (χ1v) is 16.4. The lowest BCUT2D eigenvalue weighted by Gasteiger charge is -2.39. The summed E-state index contributed by atoms with van der Waals surface area (Å²) in [5, 5.41) is 3.72. The van der Waals surface area contributed by atoms with Crippen molar-refractivity contribution in [2.75, 3.05) is 5.32 Å². The first kappa shape index (κ1) is 31.2. The molecule has 1 spiro atoms. The van der Waals surface area contributed by atoms with Crippen LogP contribution in [0.5, 0.6) is 0 Å². The van der Waals surface area contributed by atoms with E-state index in [1.54, 1.807) is 42.7 Å². The fourth-order valence-electron chi connectivity index (χ4n) is 7.75. The SMILES string of the molecule is CC(OCc1ccccc1)(C(=O)N(Cc1cnc2cc3c(cc2c1)C[C@@]1(C3)C(=O)Nc2ncccc21)[C@@H]1CCc2ccccc21)C(F)(F)F. The lowest BCUT2D eigenvalue weighted by Crippen LogP contribution is -2.58. The van der Waals surface area contributed by atoms with E-state index in [1.807, 2.05) is 54.6 Å². The average molecular weight is 663 g/mol. The van der Waals surface area contributed by atoms with Gasteiger partial charge in [0.2, 0.25) is 11.5 Å². The minimum Gasteiger partial charge on any atom is -0.352 e. The number of aromatic nitrogens is 2. The van der Waals surface area contributed by atoms with Gasteiger partial charge in [-0.2, -0.15) is 13.2 Å². The van der Waals surface area contributed by atoms with E-state index in [-0.39, 0.29) is 19.1 Å². The van der Waals surface area contributed by atoms with Crippen molar-refractivity contribution in [3.63, 3.8) is 0 Å². The first-order chi connectivity index (χ1) is 23.6.